The van der Waals surface area contributed by atoms with Gasteiger partial charge < -0.3 is 24.1 Å². The van der Waals surface area contributed by atoms with Crippen LogP contribution in [-0.4, -0.2) is 53.6 Å². The fourth-order valence-electron chi connectivity index (χ4n) is 4.02. The molecule has 0 aliphatic heterocycles. The lowest BCUT2D eigenvalue weighted by atomic mass is 10.2. The highest BCUT2D eigenvalue weighted by molar-refractivity contribution is 5.90. The first kappa shape index (κ1) is 31.1. The Kier molecular flexibility index (Phi) is 10.8. The lowest BCUT2D eigenvalue weighted by Gasteiger charge is -2.22. The van der Waals surface area contributed by atoms with Crippen molar-refractivity contribution in [2.45, 2.75) is 59.8 Å². The summed E-state index contributed by atoms with van der Waals surface area (Å²) in [6.45, 7) is 11.4. The van der Waals surface area contributed by atoms with Crippen LogP contribution in [0.1, 0.15) is 60.6 Å². The number of ether oxygens (including phenoxy) is 3. The molecule has 0 spiro atoms. The number of aromatic nitrogens is 1. The van der Waals surface area contributed by atoms with Crippen molar-refractivity contribution in [2.24, 2.45) is 5.10 Å². The molecule has 10 nitrogen and oxygen atoms in total. The lowest BCUT2D eigenvalue weighted by Crippen LogP contribution is -2.49. The van der Waals surface area contributed by atoms with Crippen LogP contribution in [0.5, 0.6) is 0 Å². The summed E-state index contributed by atoms with van der Waals surface area (Å²) in [6, 6.07) is 17.5. The van der Waals surface area contributed by atoms with E-state index in [2.05, 4.69) is 15.8 Å². The number of hydrogen-bond donors (Lipinski definition) is 2. The fraction of sp³-hybridized carbons (Fsp3) is 0.355. The predicted octanol–water partition coefficient (Wildman–Crippen LogP) is 4.83. The van der Waals surface area contributed by atoms with Crippen molar-refractivity contribution >= 4 is 24.2 Å². The molecular formula is C31H38N4O6. The Hall–Kier alpha value is -4.44. The summed E-state index contributed by atoms with van der Waals surface area (Å²) < 4.78 is 18.1. The summed E-state index contributed by atoms with van der Waals surface area (Å²) in [7, 11) is 0. The summed E-state index contributed by atoms with van der Waals surface area (Å²) in [5.41, 5.74) is 6.67. The number of carbonyl (C=O) groups excluding carboxylic acids is 3. The van der Waals surface area contributed by atoms with E-state index in [0.717, 1.165) is 28.2 Å². The summed E-state index contributed by atoms with van der Waals surface area (Å²) in [4.78, 5) is 37.3. The maximum atomic E-state index is 13.0. The van der Waals surface area contributed by atoms with Gasteiger partial charge in [-0.1, -0.05) is 30.3 Å². The number of carbonyl (C=O) groups is 3. The number of aryl methyl sites for hydroxylation is 1. The first-order chi connectivity index (χ1) is 19.5. The number of rotatable bonds is 11. The van der Waals surface area contributed by atoms with E-state index in [0.29, 0.717) is 12.2 Å². The molecule has 3 rings (SSSR count). The van der Waals surface area contributed by atoms with Crippen LogP contribution in [0.4, 0.5) is 4.79 Å². The van der Waals surface area contributed by atoms with Crippen LogP contribution in [-0.2, 0) is 25.6 Å². The van der Waals surface area contributed by atoms with Gasteiger partial charge in [0.1, 0.15) is 11.6 Å². The van der Waals surface area contributed by atoms with E-state index in [9.17, 15) is 14.4 Å². The second kappa shape index (κ2) is 14.3. The van der Waals surface area contributed by atoms with E-state index in [-0.39, 0.29) is 19.2 Å². The Morgan fingerprint density at radius 1 is 1.02 bits per heavy atom. The molecule has 0 aliphatic carbocycles. The van der Waals surface area contributed by atoms with E-state index in [4.69, 9.17) is 14.2 Å². The van der Waals surface area contributed by atoms with Gasteiger partial charge in [0.25, 0.3) is 5.91 Å². The zero-order valence-corrected chi connectivity index (χ0v) is 24.4. The minimum Gasteiger partial charge on any atom is -0.462 e. The maximum Gasteiger partial charge on any atom is 0.408 e. The van der Waals surface area contributed by atoms with E-state index in [1.807, 2.05) is 66.9 Å². The Morgan fingerprint density at radius 2 is 1.71 bits per heavy atom. The third kappa shape index (κ3) is 9.32. The first-order valence-corrected chi connectivity index (χ1v) is 13.4. The fourth-order valence-corrected chi connectivity index (χ4v) is 4.02. The molecule has 2 amide bonds. The van der Waals surface area contributed by atoms with Gasteiger partial charge in [0.05, 0.1) is 31.6 Å². The molecule has 10 heteroatoms. The highest BCUT2D eigenvalue weighted by Crippen LogP contribution is 2.20. The van der Waals surface area contributed by atoms with Crippen LogP contribution in [0, 0.1) is 13.8 Å². The Bertz CT molecular complexity index is 1360. The van der Waals surface area contributed by atoms with E-state index in [1.165, 1.54) is 0 Å². The van der Waals surface area contributed by atoms with Crippen molar-refractivity contribution in [3.8, 4) is 5.69 Å². The molecule has 0 radical (unpaired) electrons. The van der Waals surface area contributed by atoms with Crippen molar-refractivity contribution in [2.75, 3.05) is 13.2 Å². The molecule has 1 aromatic heterocycles. The number of nitrogens with one attached hydrogen (secondary N) is 2. The SMILES string of the molecule is CCOC(=O)c1ccc(-n2c(C)cc(/C=N\NC(=O)[C@H](COCc3ccccc3)NC(=O)OC(C)(C)C)c2C)cc1. The average Bonchev–Trinajstić information content (AvgIpc) is 3.20. The Morgan fingerprint density at radius 3 is 2.34 bits per heavy atom. The van der Waals surface area contributed by atoms with Gasteiger partial charge in [-0.05, 0) is 77.4 Å². The number of amides is 2. The molecule has 2 aromatic carbocycles. The Labute approximate surface area is 240 Å². The molecule has 1 atom stereocenters. The van der Waals surface area contributed by atoms with Gasteiger partial charge in [-0.2, -0.15) is 5.10 Å². The van der Waals surface area contributed by atoms with Gasteiger partial charge in [0.15, 0.2) is 0 Å². The number of alkyl carbamates (subject to hydrolysis) is 1. The van der Waals surface area contributed by atoms with Gasteiger partial charge in [-0.15, -0.1) is 0 Å². The molecule has 0 saturated carbocycles. The minimum absolute atomic E-state index is 0.0776. The minimum atomic E-state index is -1.03. The highest BCUT2D eigenvalue weighted by Gasteiger charge is 2.24. The highest BCUT2D eigenvalue weighted by atomic mass is 16.6. The van der Waals surface area contributed by atoms with Gasteiger partial charge in [0, 0.05) is 22.6 Å². The third-order valence-electron chi connectivity index (χ3n) is 5.89. The van der Waals surface area contributed by atoms with Crippen molar-refractivity contribution in [1.82, 2.24) is 15.3 Å². The topological polar surface area (TPSA) is 120 Å². The van der Waals surface area contributed by atoms with Crippen LogP contribution in [0.2, 0.25) is 0 Å². The molecular weight excluding hydrogens is 524 g/mol. The van der Waals surface area contributed by atoms with Crippen LogP contribution >= 0.6 is 0 Å². The zero-order chi connectivity index (χ0) is 30.0. The molecule has 0 aliphatic rings. The van der Waals surface area contributed by atoms with Crippen molar-refractivity contribution in [3.05, 3.63) is 88.7 Å². The standard InChI is InChI=1S/C31H38N4O6/c1-7-40-29(37)24-13-15-26(16-14-24)35-21(2)17-25(22(35)3)18-32-34-28(36)27(33-30(38)41-31(4,5)6)20-39-19-23-11-9-8-10-12-23/h8-18,27H,7,19-20H2,1-6H3,(H,33,38)(H,34,36)/b32-18-/t27-/m0/s1. The monoisotopic (exact) mass is 562 g/mol. The van der Waals surface area contributed by atoms with E-state index >= 15 is 0 Å². The summed E-state index contributed by atoms with van der Waals surface area (Å²) in [5.74, 6) is -0.919. The smallest absolute Gasteiger partial charge is 0.408 e. The molecule has 0 saturated heterocycles. The second-order valence-electron chi connectivity index (χ2n) is 10.4. The molecule has 1 heterocycles. The van der Waals surface area contributed by atoms with E-state index < -0.39 is 23.6 Å². The zero-order valence-electron chi connectivity index (χ0n) is 24.4. The van der Waals surface area contributed by atoms with Gasteiger partial charge in [-0.25, -0.2) is 15.0 Å². The number of hydrazone groups is 1. The van der Waals surface area contributed by atoms with Crippen LogP contribution in [0.3, 0.4) is 0 Å². The van der Waals surface area contributed by atoms with Gasteiger partial charge in [0.2, 0.25) is 0 Å². The number of hydrogen-bond acceptors (Lipinski definition) is 7. The normalized spacial score (nSPS) is 12.1. The van der Waals surface area contributed by atoms with Crippen LogP contribution < -0.4 is 10.7 Å². The maximum absolute atomic E-state index is 13.0. The van der Waals surface area contributed by atoms with Crippen LogP contribution in [0.15, 0.2) is 65.8 Å². The molecule has 0 unspecified atom stereocenters. The molecule has 218 valence electrons. The average molecular weight is 563 g/mol. The molecule has 0 fully saturated rings. The number of benzene rings is 2. The summed E-state index contributed by atoms with van der Waals surface area (Å²) in [6.07, 6.45) is 0.807. The van der Waals surface area contributed by atoms with Crippen molar-refractivity contribution < 1.29 is 28.6 Å². The number of nitrogens with zero attached hydrogens (tertiary/aromatic N) is 2. The summed E-state index contributed by atoms with van der Waals surface area (Å²) >= 11 is 0. The summed E-state index contributed by atoms with van der Waals surface area (Å²) in [5, 5.41) is 6.70. The third-order valence-corrected chi connectivity index (χ3v) is 5.89. The second-order valence-corrected chi connectivity index (χ2v) is 10.4. The first-order valence-electron chi connectivity index (χ1n) is 13.4. The lowest BCUT2D eigenvalue weighted by molar-refractivity contribution is -0.124. The van der Waals surface area contributed by atoms with Crippen LogP contribution in [0.25, 0.3) is 5.69 Å². The van der Waals surface area contributed by atoms with Crippen molar-refractivity contribution in [3.63, 3.8) is 0 Å². The Balaban J connectivity index is 1.68. The van der Waals surface area contributed by atoms with Crippen molar-refractivity contribution in [1.29, 1.82) is 0 Å². The molecule has 41 heavy (non-hydrogen) atoms. The number of esters is 1. The molecule has 3 aromatic rings. The van der Waals surface area contributed by atoms with E-state index in [1.54, 1.807) is 46.0 Å². The molecule has 2 N–H and O–H groups in total. The molecule has 0 bridgehead atoms. The van der Waals surface area contributed by atoms with Gasteiger partial charge >= 0.3 is 12.1 Å². The largest absolute Gasteiger partial charge is 0.462 e. The quantitative estimate of drug-likeness (QED) is 0.196. The van der Waals surface area contributed by atoms with Gasteiger partial charge in [-0.3, -0.25) is 4.79 Å². The predicted molar refractivity (Wildman–Crippen MR) is 156 cm³/mol.